The Morgan fingerprint density at radius 1 is 1.13 bits per heavy atom. The summed E-state index contributed by atoms with van der Waals surface area (Å²) in [6.45, 7) is 3.70. The van der Waals surface area contributed by atoms with Crippen molar-refractivity contribution in [3.63, 3.8) is 0 Å². The van der Waals surface area contributed by atoms with Gasteiger partial charge in [-0.1, -0.05) is 29.3 Å². The van der Waals surface area contributed by atoms with Crippen LogP contribution in [0.15, 0.2) is 24.3 Å². The molecule has 1 heterocycles. The second kappa shape index (κ2) is 11.9. The minimum atomic E-state index is -0.646. The zero-order chi connectivity index (χ0) is 23.0. The Morgan fingerprint density at radius 3 is 2.52 bits per heavy atom. The van der Waals surface area contributed by atoms with Gasteiger partial charge >= 0.3 is 11.9 Å². The van der Waals surface area contributed by atoms with Gasteiger partial charge in [0.15, 0.2) is 0 Å². The lowest BCUT2D eigenvalue weighted by Crippen LogP contribution is -2.13. The van der Waals surface area contributed by atoms with E-state index in [2.05, 4.69) is 5.32 Å². The fourth-order valence-electron chi connectivity index (χ4n) is 2.48. The Hall–Kier alpha value is -2.39. The van der Waals surface area contributed by atoms with Gasteiger partial charge in [-0.25, -0.2) is 9.59 Å². The molecule has 1 amide bonds. The number of methoxy groups -OCH3 is 1. The van der Waals surface area contributed by atoms with Crippen LogP contribution in [0.1, 0.15) is 38.1 Å². The van der Waals surface area contributed by atoms with Gasteiger partial charge in [-0.15, -0.1) is 11.3 Å². The summed E-state index contributed by atoms with van der Waals surface area (Å²) in [5.74, 6) is -1.78. The number of amides is 1. The largest absolute Gasteiger partial charge is 0.462 e. The molecule has 0 bridgehead atoms. The summed E-state index contributed by atoms with van der Waals surface area (Å²) in [5, 5.41) is 3.67. The number of thiophene rings is 1. The SMILES string of the molecule is CCOC(=O)c1c(NC(=O)/C=C/c2ccc(Cl)cc2Cl)sc(C(=O)OCCOC)c1C. The van der Waals surface area contributed by atoms with Gasteiger partial charge in [0.2, 0.25) is 5.91 Å². The molecule has 31 heavy (non-hydrogen) atoms. The van der Waals surface area contributed by atoms with E-state index in [0.29, 0.717) is 21.2 Å². The molecule has 0 saturated heterocycles. The van der Waals surface area contributed by atoms with Crippen molar-refractivity contribution in [1.29, 1.82) is 0 Å². The van der Waals surface area contributed by atoms with Crippen molar-refractivity contribution in [3.8, 4) is 0 Å². The van der Waals surface area contributed by atoms with E-state index in [0.717, 1.165) is 11.3 Å². The predicted molar refractivity (Wildman–Crippen MR) is 121 cm³/mol. The molecule has 2 rings (SSSR count). The highest BCUT2D eigenvalue weighted by molar-refractivity contribution is 7.18. The Balaban J connectivity index is 2.27. The number of hydrogen-bond acceptors (Lipinski definition) is 7. The molecule has 0 unspecified atom stereocenters. The van der Waals surface area contributed by atoms with Crippen molar-refractivity contribution in [1.82, 2.24) is 0 Å². The van der Waals surface area contributed by atoms with Crippen LogP contribution in [0.3, 0.4) is 0 Å². The molecule has 0 aliphatic rings. The van der Waals surface area contributed by atoms with Gasteiger partial charge in [0.1, 0.15) is 16.5 Å². The molecular weight excluding hydrogens is 465 g/mol. The summed E-state index contributed by atoms with van der Waals surface area (Å²) >= 11 is 12.9. The highest BCUT2D eigenvalue weighted by atomic mass is 35.5. The maximum Gasteiger partial charge on any atom is 0.348 e. The van der Waals surface area contributed by atoms with Gasteiger partial charge in [-0.3, -0.25) is 4.79 Å². The quantitative estimate of drug-likeness (QED) is 0.305. The molecule has 7 nitrogen and oxygen atoms in total. The van der Waals surface area contributed by atoms with Crippen LogP contribution in [0.5, 0.6) is 0 Å². The van der Waals surface area contributed by atoms with E-state index >= 15 is 0 Å². The standard InChI is InChI=1S/C21H21Cl2NO6S/c1-4-29-20(26)17-12(2)18(21(27)30-10-9-28-3)31-19(17)24-16(25)8-6-13-5-7-14(22)11-15(13)23/h5-8,11H,4,9-10H2,1-3H3,(H,24,25)/b8-6+. The normalized spacial score (nSPS) is 10.9. The number of ether oxygens (including phenoxy) is 3. The first-order chi connectivity index (χ1) is 14.8. The summed E-state index contributed by atoms with van der Waals surface area (Å²) < 4.78 is 15.1. The molecule has 0 aliphatic heterocycles. The summed E-state index contributed by atoms with van der Waals surface area (Å²) in [4.78, 5) is 37.5. The zero-order valence-corrected chi connectivity index (χ0v) is 19.5. The number of rotatable bonds is 9. The number of nitrogens with one attached hydrogen (secondary N) is 1. The number of hydrogen-bond donors (Lipinski definition) is 1. The number of carbonyl (C=O) groups excluding carboxylic acids is 3. The van der Waals surface area contributed by atoms with Crippen molar-refractivity contribution in [2.45, 2.75) is 13.8 Å². The molecule has 2 aromatic rings. The van der Waals surface area contributed by atoms with E-state index in [4.69, 9.17) is 37.4 Å². The van der Waals surface area contributed by atoms with Crippen molar-refractivity contribution in [2.75, 3.05) is 32.2 Å². The topological polar surface area (TPSA) is 90.9 Å². The lowest BCUT2D eigenvalue weighted by molar-refractivity contribution is -0.111. The first kappa shape index (κ1) is 24.9. The third-order valence-electron chi connectivity index (χ3n) is 3.95. The molecule has 0 aliphatic carbocycles. The van der Waals surface area contributed by atoms with Crippen LogP contribution in [-0.2, 0) is 19.0 Å². The maximum atomic E-state index is 12.5. The zero-order valence-electron chi connectivity index (χ0n) is 17.1. The molecule has 166 valence electrons. The lowest BCUT2D eigenvalue weighted by atomic mass is 10.1. The third kappa shape index (κ3) is 6.80. The van der Waals surface area contributed by atoms with Crippen LogP contribution in [0, 0.1) is 6.92 Å². The Morgan fingerprint density at radius 2 is 1.87 bits per heavy atom. The van der Waals surface area contributed by atoms with Crippen LogP contribution >= 0.6 is 34.5 Å². The molecule has 0 spiro atoms. The van der Waals surface area contributed by atoms with E-state index in [9.17, 15) is 14.4 Å². The maximum absolute atomic E-state index is 12.5. The first-order valence-corrected chi connectivity index (χ1v) is 10.8. The molecule has 0 atom stereocenters. The van der Waals surface area contributed by atoms with Crippen LogP contribution in [0.4, 0.5) is 5.00 Å². The number of anilines is 1. The highest BCUT2D eigenvalue weighted by Gasteiger charge is 2.27. The van der Waals surface area contributed by atoms with Gasteiger partial charge in [0.05, 0.1) is 18.8 Å². The number of halogens is 2. The van der Waals surface area contributed by atoms with Crippen molar-refractivity contribution in [2.24, 2.45) is 0 Å². The second-order valence-electron chi connectivity index (χ2n) is 6.10. The van der Waals surface area contributed by atoms with Crippen LogP contribution in [0.2, 0.25) is 10.0 Å². The summed E-state index contributed by atoms with van der Waals surface area (Å²) in [6, 6.07) is 4.87. The number of benzene rings is 1. The lowest BCUT2D eigenvalue weighted by Gasteiger charge is -2.06. The Kier molecular flexibility index (Phi) is 9.51. The van der Waals surface area contributed by atoms with Gasteiger partial charge in [-0.2, -0.15) is 0 Å². The highest BCUT2D eigenvalue weighted by Crippen LogP contribution is 2.34. The third-order valence-corrected chi connectivity index (χ3v) is 5.70. The molecule has 1 aromatic heterocycles. The van der Waals surface area contributed by atoms with E-state index < -0.39 is 17.8 Å². The van der Waals surface area contributed by atoms with E-state index in [1.807, 2.05) is 0 Å². The van der Waals surface area contributed by atoms with Crippen molar-refractivity contribution in [3.05, 3.63) is 55.9 Å². The van der Waals surface area contributed by atoms with Crippen molar-refractivity contribution < 1.29 is 28.6 Å². The summed E-state index contributed by atoms with van der Waals surface area (Å²) in [6.07, 6.45) is 2.77. The molecular formula is C21H21Cl2NO6S. The Labute approximate surface area is 193 Å². The average molecular weight is 486 g/mol. The summed E-state index contributed by atoms with van der Waals surface area (Å²) in [5.41, 5.74) is 1.07. The van der Waals surface area contributed by atoms with Gasteiger partial charge < -0.3 is 19.5 Å². The fraction of sp³-hybridized carbons (Fsp3) is 0.286. The van der Waals surface area contributed by atoms with Gasteiger partial charge in [-0.05, 0) is 43.2 Å². The minimum Gasteiger partial charge on any atom is -0.462 e. The van der Waals surface area contributed by atoms with Crippen LogP contribution < -0.4 is 5.32 Å². The average Bonchev–Trinajstić information content (AvgIpc) is 3.03. The second-order valence-corrected chi connectivity index (χ2v) is 7.96. The molecule has 1 N–H and O–H groups in total. The van der Waals surface area contributed by atoms with E-state index in [-0.39, 0.29) is 35.3 Å². The van der Waals surface area contributed by atoms with Crippen LogP contribution in [-0.4, -0.2) is 44.8 Å². The van der Waals surface area contributed by atoms with Crippen molar-refractivity contribution >= 4 is 63.5 Å². The number of carbonyl (C=O) groups is 3. The Bertz CT molecular complexity index is 1000. The predicted octanol–water partition coefficient (Wildman–Crippen LogP) is 5.00. The smallest absolute Gasteiger partial charge is 0.348 e. The van der Waals surface area contributed by atoms with Gasteiger partial charge in [0.25, 0.3) is 0 Å². The molecule has 0 saturated carbocycles. The monoisotopic (exact) mass is 485 g/mol. The molecule has 1 aromatic carbocycles. The molecule has 0 fully saturated rings. The van der Waals surface area contributed by atoms with Gasteiger partial charge in [0, 0.05) is 23.2 Å². The van der Waals surface area contributed by atoms with E-state index in [1.54, 1.807) is 32.0 Å². The summed E-state index contributed by atoms with van der Waals surface area (Å²) in [7, 11) is 1.49. The fourth-order valence-corrected chi connectivity index (χ4v) is 4.05. The van der Waals surface area contributed by atoms with Crippen LogP contribution in [0.25, 0.3) is 6.08 Å². The molecule has 0 radical (unpaired) electrons. The molecule has 10 heteroatoms. The van der Waals surface area contributed by atoms with E-state index in [1.165, 1.54) is 19.3 Å². The number of esters is 2. The minimum absolute atomic E-state index is 0.0632. The first-order valence-electron chi connectivity index (χ1n) is 9.19.